The van der Waals surface area contributed by atoms with Crippen molar-refractivity contribution in [2.75, 3.05) is 0 Å². The zero-order valence-electron chi connectivity index (χ0n) is 12.4. The molecule has 3 atom stereocenters. The highest BCUT2D eigenvalue weighted by molar-refractivity contribution is 8.01. The summed E-state index contributed by atoms with van der Waals surface area (Å²) in [7, 11) is 0. The van der Waals surface area contributed by atoms with Crippen LogP contribution >= 0.6 is 23.4 Å². The molecule has 120 valence electrons. The third kappa shape index (κ3) is 3.09. The van der Waals surface area contributed by atoms with Crippen LogP contribution in [0.15, 0.2) is 30.3 Å². The van der Waals surface area contributed by atoms with Crippen LogP contribution in [0.3, 0.4) is 0 Å². The third-order valence-corrected chi connectivity index (χ3v) is 5.83. The lowest BCUT2D eigenvalue weighted by atomic mass is 9.98. The third-order valence-electron chi connectivity index (χ3n) is 3.69. The van der Waals surface area contributed by atoms with Crippen molar-refractivity contribution in [3.8, 4) is 0 Å². The molecule has 0 spiro atoms. The van der Waals surface area contributed by atoms with Crippen molar-refractivity contribution in [3.05, 3.63) is 35.9 Å². The second-order valence-corrected chi connectivity index (χ2v) is 7.93. The molecule has 0 aliphatic carbocycles. The summed E-state index contributed by atoms with van der Waals surface area (Å²) in [5, 5.41) is 8.31. The molecular formula is C15H19ClN2O3S. The highest BCUT2D eigenvalue weighted by Crippen LogP contribution is 2.52. The monoisotopic (exact) mass is 342 g/mol. The zero-order chi connectivity index (χ0) is 16.5. The van der Waals surface area contributed by atoms with E-state index >= 15 is 0 Å². The minimum Gasteiger partial charge on any atom is -0.480 e. The number of nitrogens with two attached hydrogens (primary N) is 1. The number of halogens is 1. The molecule has 3 N–H and O–H groups in total. The standard InChI is InChI=1S/C8H10ClNO3S.C7H9N/c1-8(2)4(7(12)13)10-5(11)3(9)6(10)14-8;8-6-7-4-2-1-3-5-7/h3-4,6H,1-2H3,(H,12,13);1-5H,6,8H2/t3?,4-,6+;/m0./s1. The number of β-lactam (4-membered cyclic amide) rings is 1. The van der Waals surface area contributed by atoms with E-state index in [1.807, 2.05) is 44.2 Å². The van der Waals surface area contributed by atoms with E-state index in [4.69, 9.17) is 22.4 Å². The maximum absolute atomic E-state index is 11.4. The molecule has 2 heterocycles. The van der Waals surface area contributed by atoms with E-state index in [2.05, 4.69) is 0 Å². The van der Waals surface area contributed by atoms with Crippen LogP contribution in [-0.4, -0.2) is 43.4 Å². The number of rotatable bonds is 2. The lowest BCUT2D eigenvalue weighted by Gasteiger charge is -2.40. The summed E-state index contributed by atoms with van der Waals surface area (Å²) >= 11 is 7.25. The Kier molecular flexibility index (Phi) is 5.04. The van der Waals surface area contributed by atoms with Gasteiger partial charge in [-0.15, -0.1) is 23.4 Å². The predicted molar refractivity (Wildman–Crippen MR) is 87.7 cm³/mol. The second-order valence-electron chi connectivity index (χ2n) is 5.69. The van der Waals surface area contributed by atoms with Gasteiger partial charge in [-0.25, -0.2) is 4.79 Å². The van der Waals surface area contributed by atoms with Crippen molar-refractivity contribution in [1.82, 2.24) is 4.90 Å². The highest BCUT2D eigenvalue weighted by Gasteiger charge is 2.63. The Hall–Kier alpha value is -1.24. The van der Waals surface area contributed by atoms with Crippen LogP contribution in [0, 0.1) is 0 Å². The van der Waals surface area contributed by atoms with E-state index in [9.17, 15) is 9.59 Å². The van der Waals surface area contributed by atoms with Gasteiger partial charge in [-0.05, 0) is 19.4 Å². The second kappa shape index (κ2) is 6.48. The van der Waals surface area contributed by atoms with Gasteiger partial charge in [0.15, 0.2) is 0 Å². The molecule has 0 bridgehead atoms. The van der Waals surface area contributed by atoms with Crippen molar-refractivity contribution in [2.24, 2.45) is 5.73 Å². The quantitative estimate of drug-likeness (QED) is 0.633. The summed E-state index contributed by atoms with van der Waals surface area (Å²) in [6, 6.07) is 9.24. The van der Waals surface area contributed by atoms with E-state index in [1.54, 1.807) is 0 Å². The number of amides is 1. The molecule has 1 aromatic carbocycles. The number of carbonyl (C=O) groups is 2. The zero-order valence-corrected chi connectivity index (χ0v) is 14.0. The summed E-state index contributed by atoms with van der Waals surface area (Å²) in [4.78, 5) is 23.8. The number of fused-ring (bicyclic) bond motifs is 1. The highest BCUT2D eigenvalue weighted by atomic mass is 35.5. The first kappa shape index (κ1) is 17.1. The molecule has 0 saturated carbocycles. The van der Waals surface area contributed by atoms with Crippen molar-refractivity contribution in [2.45, 2.75) is 41.9 Å². The Balaban J connectivity index is 0.000000188. The van der Waals surface area contributed by atoms with Crippen LogP contribution in [0.1, 0.15) is 19.4 Å². The van der Waals surface area contributed by atoms with Gasteiger partial charge >= 0.3 is 5.97 Å². The fourth-order valence-electron chi connectivity index (χ4n) is 2.58. The average molecular weight is 343 g/mol. The van der Waals surface area contributed by atoms with E-state index in [-0.39, 0.29) is 11.3 Å². The van der Waals surface area contributed by atoms with E-state index in [0.29, 0.717) is 6.54 Å². The minimum atomic E-state index is -0.957. The molecule has 1 aromatic rings. The molecule has 22 heavy (non-hydrogen) atoms. The number of benzene rings is 1. The fourth-order valence-corrected chi connectivity index (χ4v) is 4.51. The Labute approximate surface area is 138 Å². The summed E-state index contributed by atoms with van der Waals surface area (Å²) < 4.78 is -0.462. The van der Waals surface area contributed by atoms with Gasteiger partial charge in [0.25, 0.3) is 0 Å². The van der Waals surface area contributed by atoms with E-state index in [0.717, 1.165) is 0 Å². The molecule has 1 amide bonds. The molecular weight excluding hydrogens is 324 g/mol. The SMILES string of the molecule is CC1(C)S[C@@H]2C(Cl)C(=O)N2[C@H]1C(=O)O.NCc1ccccc1. The molecule has 0 aromatic heterocycles. The maximum Gasteiger partial charge on any atom is 0.327 e. The number of carboxylic acid groups (broad SMARTS) is 1. The minimum absolute atomic E-state index is 0.166. The molecule has 0 radical (unpaired) electrons. The van der Waals surface area contributed by atoms with Crippen LogP contribution in [0.25, 0.3) is 0 Å². The van der Waals surface area contributed by atoms with Gasteiger partial charge in [0.2, 0.25) is 5.91 Å². The first-order valence-corrected chi connectivity index (χ1v) is 8.22. The number of hydrogen-bond donors (Lipinski definition) is 2. The molecule has 5 nitrogen and oxygen atoms in total. The van der Waals surface area contributed by atoms with Gasteiger partial charge in [-0.3, -0.25) is 4.79 Å². The average Bonchev–Trinajstić information content (AvgIpc) is 2.77. The Morgan fingerprint density at radius 3 is 2.45 bits per heavy atom. The molecule has 2 fully saturated rings. The summed E-state index contributed by atoms with van der Waals surface area (Å²) in [5.74, 6) is -1.22. The van der Waals surface area contributed by atoms with Crippen LogP contribution in [0.4, 0.5) is 0 Å². The van der Waals surface area contributed by atoms with Gasteiger partial charge < -0.3 is 15.7 Å². The normalized spacial score (nSPS) is 28.3. The number of alkyl halides is 1. The van der Waals surface area contributed by atoms with Gasteiger partial charge in [0.1, 0.15) is 16.8 Å². The van der Waals surface area contributed by atoms with E-state index in [1.165, 1.54) is 22.2 Å². The van der Waals surface area contributed by atoms with Crippen LogP contribution in [0.5, 0.6) is 0 Å². The van der Waals surface area contributed by atoms with Crippen molar-refractivity contribution < 1.29 is 14.7 Å². The molecule has 1 unspecified atom stereocenters. The van der Waals surface area contributed by atoms with Crippen LogP contribution in [0.2, 0.25) is 0 Å². The van der Waals surface area contributed by atoms with Gasteiger partial charge in [0, 0.05) is 11.3 Å². The molecule has 2 saturated heterocycles. The van der Waals surface area contributed by atoms with Crippen molar-refractivity contribution in [1.29, 1.82) is 0 Å². The number of carbonyl (C=O) groups excluding carboxylic acids is 1. The van der Waals surface area contributed by atoms with Crippen molar-refractivity contribution in [3.63, 3.8) is 0 Å². The Bertz CT molecular complexity index is 567. The predicted octanol–water partition coefficient (Wildman–Crippen LogP) is 1.89. The molecule has 2 aliphatic heterocycles. The number of aliphatic carboxylic acids is 1. The summed E-state index contributed by atoms with van der Waals surface area (Å²) in [6.07, 6.45) is 0. The largest absolute Gasteiger partial charge is 0.480 e. The molecule has 3 rings (SSSR count). The first-order valence-electron chi connectivity index (χ1n) is 6.90. The van der Waals surface area contributed by atoms with Gasteiger partial charge in [0.05, 0.1) is 0 Å². The molecule has 2 aliphatic rings. The lowest BCUT2D eigenvalue weighted by Crippen LogP contribution is -2.63. The Morgan fingerprint density at radius 2 is 2.00 bits per heavy atom. The van der Waals surface area contributed by atoms with Crippen LogP contribution in [-0.2, 0) is 16.1 Å². The number of nitrogens with zero attached hydrogens (tertiary/aromatic N) is 1. The number of hydrogen-bond acceptors (Lipinski definition) is 4. The topological polar surface area (TPSA) is 83.6 Å². The summed E-state index contributed by atoms with van der Waals surface area (Å²) in [5.41, 5.74) is 6.54. The van der Waals surface area contributed by atoms with Crippen molar-refractivity contribution >= 4 is 35.2 Å². The molecule has 7 heteroatoms. The fraction of sp³-hybridized carbons (Fsp3) is 0.467. The van der Waals surface area contributed by atoms with Gasteiger partial charge in [-0.1, -0.05) is 30.3 Å². The lowest BCUT2D eigenvalue weighted by molar-refractivity contribution is -0.156. The van der Waals surface area contributed by atoms with Gasteiger partial charge in [-0.2, -0.15) is 0 Å². The first-order chi connectivity index (χ1) is 10.3. The van der Waals surface area contributed by atoms with Crippen LogP contribution < -0.4 is 5.73 Å². The Morgan fingerprint density at radius 1 is 1.41 bits per heavy atom. The summed E-state index contributed by atoms with van der Waals surface area (Å²) in [6.45, 7) is 4.29. The maximum atomic E-state index is 11.4. The van der Waals surface area contributed by atoms with E-state index < -0.39 is 22.1 Å². The number of thioether (sulfide) groups is 1. The number of carboxylic acids is 1. The smallest absolute Gasteiger partial charge is 0.327 e.